The van der Waals surface area contributed by atoms with E-state index >= 15 is 0 Å². The molecular weight excluding hydrogens is 377 g/mol. The molecule has 0 aromatic heterocycles. The zero-order valence-electron chi connectivity index (χ0n) is 11.8. The smallest absolute Gasteiger partial charge is 0.207 e. The average molecular weight is 388 g/mol. The summed E-state index contributed by atoms with van der Waals surface area (Å²) >= 11 is 4.87. The highest BCUT2D eigenvalue weighted by molar-refractivity contribution is 7.89. The fourth-order valence-electron chi connectivity index (χ4n) is 3.49. The third kappa shape index (κ3) is 2.14. The van der Waals surface area contributed by atoms with Crippen LogP contribution in [0.25, 0.3) is 0 Å². The van der Waals surface area contributed by atoms with Crippen LogP contribution in [0.4, 0.5) is 22.0 Å². The Hall–Kier alpha value is -1.19. The molecule has 0 amide bonds. The molecule has 1 aliphatic carbocycles. The van der Waals surface area contributed by atoms with Crippen LogP contribution in [0.5, 0.6) is 0 Å². The Bertz CT molecular complexity index is 759. The maximum atomic E-state index is 14.0. The monoisotopic (exact) mass is 387 g/mol. The van der Waals surface area contributed by atoms with Crippen LogP contribution in [0.2, 0.25) is 0 Å². The molecule has 24 heavy (non-hydrogen) atoms. The van der Waals surface area contributed by atoms with Crippen molar-refractivity contribution in [3.05, 3.63) is 42.5 Å². The van der Waals surface area contributed by atoms with E-state index in [1.807, 2.05) is 0 Å². The lowest BCUT2D eigenvalue weighted by Gasteiger charge is -2.46. The molecule has 1 saturated heterocycles. The molecule has 0 saturated carbocycles. The van der Waals surface area contributed by atoms with Gasteiger partial charge in [-0.1, -0.05) is 30.4 Å². The number of hydrogen-bond acceptors (Lipinski definition) is 2. The van der Waals surface area contributed by atoms with E-state index in [0.717, 1.165) is 18.2 Å². The van der Waals surface area contributed by atoms with Crippen molar-refractivity contribution in [3.8, 4) is 0 Å². The van der Waals surface area contributed by atoms with E-state index in [1.165, 1.54) is 24.3 Å². The minimum atomic E-state index is -5.57. The van der Waals surface area contributed by atoms with Gasteiger partial charge in [-0.25, -0.2) is 8.42 Å². The van der Waals surface area contributed by atoms with Crippen molar-refractivity contribution in [3.63, 3.8) is 0 Å². The van der Waals surface area contributed by atoms with Crippen molar-refractivity contribution < 1.29 is 30.4 Å². The Labute approximate surface area is 139 Å². The van der Waals surface area contributed by atoms with Gasteiger partial charge in [0.05, 0.1) is 4.90 Å². The second-order valence-electron chi connectivity index (χ2n) is 5.67. The van der Waals surface area contributed by atoms with Crippen LogP contribution in [0.15, 0.2) is 47.4 Å². The van der Waals surface area contributed by atoms with E-state index in [9.17, 15) is 30.4 Å². The van der Waals surface area contributed by atoms with Crippen molar-refractivity contribution in [2.75, 3.05) is 0 Å². The maximum Gasteiger partial charge on any atom is 0.415 e. The third-order valence-electron chi connectivity index (χ3n) is 4.41. The van der Waals surface area contributed by atoms with E-state index in [4.69, 9.17) is 11.6 Å². The van der Waals surface area contributed by atoms with Gasteiger partial charge >= 0.3 is 11.6 Å². The predicted octanol–water partition coefficient (Wildman–Crippen LogP) is 3.77. The maximum absolute atomic E-state index is 14.0. The highest BCUT2D eigenvalue weighted by atomic mass is 35.5. The molecule has 0 spiro atoms. The van der Waals surface area contributed by atoms with Gasteiger partial charge in [0.15, 0.2) is 0 Å². The minimum absolute atomic E-state index is 0.160. The molecule has 0 N–H and O–H groups in total. The van der Waals surface area contributed by atoms with Gasteiger partial charge in [0.1, 0.15) is 0 Å². The molecule has 1 heterocycles. The summed E-state index contributed by atoms with van der Waals surface area (Å²) in [6.07, 6.45) is -3.80. The van der Waals surface area contributed by atoms with Crippen molar-refractivity contribution in [1.82, 2.24) is 4.31 Å². The third-order valence-corrected chi connectivity index (χ3v) is 6.64. The molecule has 1 aromatic rings. The van der Waals surface area contributed by atoms with Crippen LogP contribution in [0.3, 0.4) is 0 Å². The first-order valence-corrected chi connectivity index (χ1v) is 8.67. The fraction of sp³-hybridized carbons (Fsp3) is 0.429. The van der Waals surface area contributed by atoms with Crippen molar-refractivity contribution >= 4 is 21.6 Å². The van der Waals surface area contributed by atoms with Crippen LogP contribution in [-0.2, 0) is 10.0 Å². The topological polar surface area (TPSA) is 37.4 Å². The lowest BCUT2D eigenvalue weighted by atomic mass is 9.85. The second-order valence-corrected chi connectivity index (χ2v) is 7.96. The molecule has 10 heteroatoms. The molecule has 0 radical (unpaired) electrons. The molecule has 3 atom stereocenters. The van der Waals surface area contributed by atoms with Crippen molar-refractivity contribution in [2.24, 2.45) is 5.92 Å². The summed E-state index contributed by atoms with van der Waals surface area (Å²) < 4.78 is 94.7. The fourth-order valence-corrected chi connectivity index (χ4v) is 5.86. The van der Waals surface area contributed by atoms with Gasteiger partial charge in [0.2, 0.25) is 15.6 Å². The van der Waals surface area contributed by atoms with E-state index < -0.39 is 50.4 Å². The molecular formula is C14H11ClF5NO2S. The molecule has 3 rings (SSSR count). The van der Waals surface area contributed by atoms with Gasteiger partial charge < -0.3 is 0 Å². The highest BCUT2D eigenvalue weighted by Gasteiger charge is 2.81. The van der Waals surface area contributed by atoms with E-state index in [1.54, 1.807) is 0 Å². The van der Waals surface area contributed by atoms with Crippen molar-refractivity contribution in [1.29, 1.82) is 0 Å². The zero-order chi connectivity index (χ0) is 18.0. The van der Waals surface area contributed by atoms with E-state index in [-0.39, 0.29) is 4.31 Å². The number of rotatable bonds is 3. The minimum Gasteiger partial charge on any atom is -0.207 e. The summed E-state index contributed by atoms with van der Waals surface area (Å²) in [5, 5.41) is -4.84. The van der Waals surface area contributed by atoms with Crippen molar-refractivity contribution in [2.45, 2.75) is 34.5 Å². The SMILES string of the molecule is O=S(=O)(c1ccccc1)N1[C@@H]2C=C[C@@H](C2)[C@]1(C(F)(F)F)C(F)(F)Cl. The summed E-state index contributed by atoms with van der Waals surface area (Å²) in [6.45, 7) is 0. The molecule has 2 aliphatic rings. The van der Waals surface area contributed by atoms with Gasteiger partial charge in [0, 0.05) is 12.0 Å². The van der Waals surface area contributed by atoms with Crippen LogP contribution >= 0.6 is 11.6 Å². The average Bonchev–Trinajstić information content (AvgIpc) is 3.05. The molecule has 1 fully saturated rings. The summed E-state index contributed by atoms with van der Waals surface area (Å²) in [6, 6.07) is 4.83. The largest absolute Gasteiger partial charge is 0.415 e. The number of alkyl halides is 6. The first-order chi connectivity index (χ1) is 10.9. The lowest BCUT2D eigenvalue weighted by molar-refractivity contribution is -0.269. The summed E-state index contributed by atoms with van der Waals surface area (Å²) in [5.74, 6) is -1.76. The van der Waals surface area contributed by atoms with Crippen LogP contribution in [0.1, 0.15) is 6.42 Å². The standard InChI is InChI=1S/C14H11ClF5NO2S/c15-13(16,17)12(14(18,19)20)9-6-7-10(8-9)21(12)24(22,23)11-4-2-1-3-5-11/h1-7,9-10H,8H2/t9-,10+,12+/m0/s1. The zero-order valence-corrected chi connectivity index (χ0v) is 13.4. The number of nitrogens with zero attached hydrogens (tertiary/aromatic N) is 1. The van der Waals surface area contributed by atoms with Gasteiger partial charge in [-0.05, 0) is 30.2 Å². The molecule has 1 aromatic carbocycles. The van der Waals surface area contributed by atoms with Gasteiger partial charge in [-0.2, -0.15) is 26.3 Å². The van der Waals surface area contributed by atoms with Gasteiger partial charge in [0.25, 0.3) is 0 Å². The number of hydrogen-bond donors (Lipinski definition) is 0. The summed E-state index contributed by atoms with van der Waals surface area (Å²) in [5.41, 5.74) is -4.02. The predicted molar refractivity (Wildman–Crippen MR) is 76.1 cm³/mol. The number of benzene rings is 1. The Morgan fingerprint density at radius 1 is 1.08 bits per heavy atom. The van der Waals surface area contributed by atoms with Gasteiger partial charge in [-0.15, -0.1) is 0 Å². The van der Waals surface area contributed by atoms with E-state index in [0.29, 0.717) is 0 Å². The molecule has 0 unspecified atom stereocenters. The van der Waals surface area contributed by atoms with Crippen LogP contribution in [-0.4, -0.2) is 35.9 Å². The number of sulfonamides is 1. The Kier molecular flexibility index (Phi) is 3.79. The normalized spacial score (nSPS) is 30.9. The lowest BCUT2D eigenvalue weighted by Crippen LogP contribution is -2.70. The Balaban J connectivity index is 2.28. The molecule has 3 nitrogen and oxygen atoms in total. The van der Waals surface area contributed by atoms with E-state index in [2.05, 4.69) is 0 Å². The molecule has 132 valence electrons. The molecule has 2 bridgehead atoms. The Morgan fingerprint density at radius 2 is 1.67 bits per heavy atom. The Morgan fingerprint density at radius 3 is 2.17 bits per heavy atom. The van der Waals surface area contributed by atoms with Crippen LogP contribution in [0, 0.1) is 5.92 Å². The second kappa shape index (κ2) is 5.15. The highest BCUT2D eigenvalue weighted by Crippen LogP contribution is 2.62. The van der Waals surface area contributed by atoms with Crippen LogP contribution < -0.4 is 0 Å². The summed E-state index contributed by atoms with van der Waals surface area (Å²) in [4.78, 5) is -0.500. The first kappa shape index (κ1) is 17.6. The number of halogens is 6. The summed E-state index contributed by atoms with van der Waals surface area (Å²) in [7, 11) is -4.85. The quantitative estimate of drug-likeness (QED) is 0.450. The number of fused-ring (bicyclic) bond motifs is 2. The first-order valence-electron chi connectivity index (χ1n) is 6.85. The van der Waals surface area contributed by atoms with Gasteiger partial charge in [-0.3, -0.25) is 0 Å². The molecule has 1 aliphatic heterocycles.